The third-order valence-corrected chi connectivity index (χ3v) is 7.79. The van der Waals surface area contributed by atoms with Crippen LogP contribution in [0.25, 0.3) is 0 Å². The predicted octanol–water partition coefficient (Wildman–Crippen LogP) is 4.89. The summed E-state index contributed by atoms with van der Waals surface area (Å²) < 4.78 is 28.5. The number of sulfonamides is 1. The summed E-state index contributed by atoms with van der Waals surface area (Å²) in [7, 11) is -3.52. The summed E-state index contributed by atoms with van der Waals surface area (Å²) in [5.74, 6) is 0. The van der Waals surface area contributed by atoms with E-state index < -0.39 is 10.0 Å². The topological polar surface area (TPSA) is 37.4 Å². The lowest BCUT2D eigenvalue weighted by Crippen LogP contribution is -2.32. The van der Waals surface area contributed by atoms with Crippen molar-refractivity contribution in [2.45, 2.75) is 59.4 Å². The average molecular weight is 366 g/mol. The SMILES string of the molecule is CCCN(Cc1ccsc1)S(=O)(=O)c1c(C)c(C)c(C)c(C)c1C. The molecule has 2 rings (SSSR count). The Hall–Kier alpha value is -1.17. The molecule has 0 spiro atoms. The molecule has 0 fully saturated rings. The molecule has 0 unspecified atom stereocenters. The number of rotatable bonds is 6. The van der Waals surface area contributed by atoms with Gasteiger partial charge in [-0.2, -0.15) is 15.6 Å². The minimum Gasteiger partial charge on any atom is -0.207 e. The van der Waals surface area contributed by atoms with Crippen LogP contribution in [0.5, 0.6) is 0 Å². The zero-order chi connectivity index (χ0) is 18.1. The van der Waals surface area contributed by atoms with Gasteiger partial charge in [0.25, 0.3) is 0 Å². The maximum absolute atomic E-state index is 13.4. The fourth-order valence-corrected chi connectivity index (χ4v) is 5.84. The first-order valence-electron chi connectivity index (χ1n) is 8.30. The smallest absolute Gasteiger partial charge is 0.207 e. The van der Waals surface area contributed by atoms with Crippen LogP contribution < -0.4 is 0 Å². The maximum Gasteiger partial charge on any atom is 0.243 e. The van der Waals surface area contributed by atoms with Crippen molar-refractivity contribution >= 4 is 21.4 Å². The Balaban J connectivity index is 2.59. The number of benzene rings is 1. The molecule has 0 bridgehead atoms. The Labute approximate surface area is 150 Å². The third kappa shape index (κ3) is 3.44. The molecule has 0 saturated heterocycles. The summed E-state index contributed by atoms with van der Waals surface area (Å²) in [6.07, 6.45) is 0.797. The largest absolute Gasteiger partial charge is 0.243 e. The number of thiophene rings is 1. The summed E-state index contributed by atoms with van der Waals surface area (Å²) in [4.78, 5) is 0.492. The van der Waals surface area contributed by atoms with Crippen LogP contribution in [0.4, 0.5) is 0 Å². The molecule has 0 aliphatic heterocycles. The van der Waals surface area contributed by atoms with Gasteiger partial charge in [-0.25, -0.2) is 8.42 Å². The molecule has 2 aromatic rings. The van der Waals surface area contributed by atoms with Crippen molar-refractivity contribution in [1.82, 2.24) is 4.31 Å². The molecule has 24 heavy (non-hydrogen) atoms. The van der Waals surface area contributed by atoms with Crippen molar-refractivity contribution in [3.63, 3.8) is 0 Å². The van der Waals surface area contributed by atoms with Gasteiger partial charge in [-0.1, -0.05) is 6.92 Å². The lowest BCUT2D eigenvalue weighted by Gasteiger charge is -2.26. The Morgan fingerprint density at radius 3 is 1.96 bits per heavy atom. The van der Waals surface area contributed by atoms with E-state index in [0.717, 1.165) is 34.2 Å². The lowest BCUT2D eigenvalue weighted by molar-refractivity contribution is 0.405. The van der Waals surface area contributed by atoms with Crippen molar-refractivity contribution in [2.24, 2.45) is 0 Å². The zero-order valence-electron chi connectivity index (χ0n) is 15.4. The molecule has 0 saturated carbocycles. The van der Waals surface area contributed by atoms with Gasteiger partial charge in [-0.3, -0.25) is 0 Å². The van der Waals surface area contributed by atoms with Crippen LogP contribution in [-0.2, 0) is 16.6 Å². The number of nitrogens with zero attached hydrogens (tertiary/aromatic N) is 1. The summed E-state index contributed by atoms with van der Waals surface area (Å²) in [5, 5.41) is 4.01. The second kappa shape index (κ2) is 7.38. The molecule has 0 radical (unpaired) electrons. The van der Waals surface area contributed by atoms with Crippen molar-refractivity contribution in [2.75, 3.05) is 6.54 Å². The summed E-state index contributed by atoms with van der Waals surface area (Å²) in [5.41, 5.74) is 6.13. The van der Waals surface area contributed by atoms with Gasteiger partial charge in [0.1, 0.15) is 0 Å². The van der Waals surface area contributed by atoms with E-state index in [1.807, 2.05) is 51.4 Å². The monoisotopic (exact) mass is 365 g/mol. The van der Waals surface area contributed by atoms with E-state index >= 15 is 0 Å². The van der Waals surface area contributed by atoms with E-state index in [0.29, 0.717) is 18.0 Å². The van der Waals surface area contributed by atoms with Crippen LogP contribution in [0.15, 0.2) is 21.7 Å². The minimum absolute atomic E-state index is 0.435. The first kappa shape index (κ1) is 19.2. The van der Waals surface area contributed by atoms with Gasteiger partial charge >= 0.3 is 0 Å². The van der Waals surface area contributed by atoms with Gasteiger partial charge < -0.3 is 0 Å². The van der Waals surface area contributed by atoms with Crippen molar-refractivity contribution in [3.8, 4) is 0 Å². The van der Waals surface area contributed by atoms with Crippen LogP contribution >= 0.6 is 11.3 Å². The maximum atomic E-state index is 13.4. The molecule has 1 aromatic carbocycles. The second-order valence-electron chi connectivity index (χ2n) is 6.42. The van der Waals surface area contributed by atoms with Crippen LogP contribution in [0.1, 0.15) is 46.7 Å². The molecule has 0 aliphatic rings. The molecule has 5 heteroatoms. The Morgan fingerprint density at radius 1 is 0.958 bits per heavy atom. The van der Waals surface area contributed by atoms with E-state index in [9.17, 15) is 8.42 Å². The zero-order valence-corrected chi connectivity index (χ0v) is 17.1. The highest BCUT2D eigenvalue weighted by atomic mass is 32.2. The molecule has 3 nitrogen and oxygen atoms in total. The Bertz CT molecular complexity index is 793. The minimum atomic E-state index is -3.52. The van der Waals surface area contributed by atoms with Gasteiger partial charge in [0, 0.05) is 13.1 Å². The van der Waals surface area contributed by atoms with E-state index in [2.05, 4.69) is 6.92 Å². The third-order valence-electron chi connectivity index (χ3n) is 4.94. The highest BCUT2D eigenvalue weighted by Crippen LogP contribution is 2.32. The van der Waals surface area contributed by atoms with E-state index in [1.54, 1.807) is 15.6 Å². The van der Waals surface area contributed by atoms with E-state index in [1.165, 1.54) is 5.56 Å². The summed E-state index contributed by atoms with van der Waals surface area (Å²) in [6, 6.07) is 1.99. The molecule has 1 aromatic heterocycles. The van der Waals surface area contributed by atoms with Crippen molar-refractivity contribution < 1.29 is 8.42 Å². The van der Waals surface area contributed by atoms with Crippen LogP contribution in [-0.4, -0.2) is 19.3 Å². The fourth-order valence-electron chi connectivity index (χ4n) is 3.10. The fraction of sp³-hybridized carbons (Fsp3) is 0.474. The molecule has 0 atom stereocenters. The molecular weight excluding hydrogens is 338 g/mol. The quantitative estimate of drug-likeness (QED) is 0.731. The van der Waals surface area contributed by atoms with Crippen LogP contribution in [0.2, 0.25) is 0 Å². The first-order chi connectivity index (χ1) is 11.2. The Kier molecular flexibility index (Phi) is 5.89. The molecule has 0 amide bonds. The lowest BCUT2D eigenvalue weighted by atomic mass is 9.95. The highest BCUT2D eigenvalue weighted by Gasteiger charge is 2.29. The molecule has 132 valence electrons. The van der Waals surface area contributed by atoms with Gasteiger partial charge in [0.2, 0.25) is 10.0 Å². The second-order valence-corrected chi connectivity index (χ2v) is 9.08. The van der Waals surface area contributed by atoms with Crippen molar-refractivity contribution in [3.05, 3.63) is 50.2 Å². The first-order valence-corrected chi connectivity index (χ1v) is 10.7. The van der Waals surface area contributed by atoms with Gasteiger partial charge in [-0.05, 0) is 91.2 Å². The van der Waals surface area contributed by atoms with Gasteiger partial charge in [-0.15, -0.1) is 0 Å². The molecule has 0 N–H and O–H groups in total. The van der Waals surface area contributed by atoms with Gasteiger partial charge in [0.05, 0.1) is 4.90 Å². The average Bonchev–Trinajstić information content (AvgIpc) is 3.03. The molecule has 1 heterocycles. The standard InChI is InChI=1S/C19H27NO2S2/c1-7-9-20(11-18-8-10-23-12-18)24(21,22)19-16(5)14(3)13(2)15(4)17(19)6/h8,10,12H,7,9,11H2,1-6H3. The van der Waals surface area contributed by atoms with Crippen molar-refractivity contribution in [1.29, 1.82) is 0 Å². The Morgan fingerprint density at radius 2 is 1.50 bits per heavy atom. The van der Waals surface area contributed by atoms with Crippen LogP contribution in [0.3, 0.4) is 0 Å². The van der Waals surface area contributed by atoms with Gasteiger partial charge in [0.15, 0.2) is 0 Å². The molecular formula is C19H27NO2S2. The predicted molar refractivity (Wildman–Crippen MR) is 102 cm³/mol. The number of hydrogen-bond acceptors (Lipinski definition) is 3. The number of hydrogen-bond donors (Lipinski definition) is 0. The normalized spacial score (nSPS) is 12.1. The van der Waals surface area contributed by atoms with Crippen LogP contribution in [0, 0.1) is 34.6 Å². The summed E-state index contributed by atoms with van der Waals surface area (Å²) >= 11 is 1.60. The highest BCUT2D eigenvalue weighted by molar-refractivity contribution is 7.89. The van der Waals surface area contributed by atoms with E-state index in [-0.39, 0.29) is 0 Å². The van der Waals surface area contributed by atoms with E-state index in [4.69, 9.17) is 0 Å². The molecule has 0 aliphatic carbocycles. The summed E-state index contributed by atoms with van der Waals surface area (Å²) in [6.45, 7) is 12.9.